The Balaban J connectivity index is 1.36. The van der Waals surface area contributed by atoms with E-state index < -0.39 is 101 Å². The second kappa shape index (κ2) is 12.5. The first kappa shape index (κ1) is 35.8. The molecule has 52 heavy (non-hydrogen) atoms. The lowest BCUT2D eigenvalue weighted by Gasteiger charge is -2.41. The quantitative estimate of drug-likeness (QED) is 0.238. The van der Waals surface area contributed by atoms with Gasteiger partial charge in [-0.25, -0.2) is 14.4 Å². The predicted octanol–water partition coefficient (Wildman–Crippen LogP) is 4.08. The third-order valence-corrected chi connectivity index (χ3v) is 12.7. The summed E-state index contributed by atoms with van der Waals surface area (Å²) in [5.41, 5.74) is 1.33. The maximum absolute atomic E-state index is 13.9. The van der Waals surface area contributed by atoms with Crippen LogP contribution in [0.2, 0.25) is 0 Å². The van der Waals surface area contributed by atoms with Crippen LogP contribution < -0.4 is 0 Å². The van der Waals surface area contributed by atoms with Gasteiger partial charge in [-0.3, -0.25) is 14.4 Å². The summed E-state index contributed by atoms with van der Waals surface area (Å²) in [5.74, 6) is -7.12. The normalized spacial score (nSPS) is 38.6. The minimum absolute atomic E-state index is 0.0222. The van der Waals surface area contributed by atoms with Crippen LogP contribution in [0.25, 0.3) is 0 Å². The zero-order chi connectivity index (χ0) is 37.7. The molecule has 7 aliphatic rings. The van der Waals surface area contributed by atoms with Gasteiger partial charge in [-0.15, -0.1) is 0 Å². The lowest BCUT2D eigenvalue weighted by atomic mass is 9.65. The van der Waals surface area contributed by atoms with Crippen molar-refractivity contribution < 1.29 is 57.6 Å². The zero-order valence-corrected chi connectivity index (χ0v) is 30.5. The monoisotopic (exact) mass is 716 g/mol. The maximum Gasteiger partial charge on any atom is 0.339 e. The number of hydrogen-bond donors (Lipinski definition) is 1. The summed E-state index contributed by atoms with van der Waals surface area (Å²) in [5, 5.41) is 12.9. The Hall–Kier alpha value is -4.58. The Labute approximate surface area is 301 Å². The molecule has 0 radical (unpaired) electrons. The number of carbonyl (C=O) groups excluding carboxylic acids is 6. The molecule has 12 nitrogen and oxygen atoms in total. The molecule has 3 aliphatic heterocycles. The molecule has 0 saturated carbocycles. The molecule has 276 valence electrons. The fourth-order valence-electron chi connectivity index (χ4n) is 9.65. The molecule has 1 N–H and O–H groups in total. The fourth-order valence-corrected chi connectivity index (χ4v) is 9.65. The summed E-state index contributed by atoms with van der Waals surface area (Å²) >= 11 is 0. The van der Waals surface area contributed by atoms with E-state index in [-0.39, 0.29) is 35.5 Å². The molecule has 0 aromatic heterocycles. The molecule has 4 aliphatic carbocycles. The molecule has 0 aromatic rings. The van der Waals surface area contributed by atoms with Gasteiger partial charge in [0.25, 0.3) is 0 Å². The molecule has 0 amide bonds. The smallest absolute Gasteiger partial charge is 0.339 e. The van der Waals surface area contributed by atoms with Gasteiger partial charge in [-0.2, -0.15) is 0 Å². The highest BCUT2D eigenvalue weighted by molar-refractivity contribution is 6.09. The van der Waals surface area contributed by atoms with Crippen LogP contribution in [-0.2, 0) is 52.5 Å². The first-order chi connectivity index (χ1) is 24.5. The second-order valence-electron chi connectivity index (χ2n) is 15.5. The first-order valence-corrected chi connectivity index (χ1v) is 17.9. The van der Waals surface area contributed by atoms with Gasteiger partial charge >= 0.3 is 29.8 Å². The van der Waals surface area contributed by atoms with Crippen LogP contribution in [0.4, 0.5) is 0 Å². The highest BCUT2D eigenvalue weighted by Crippen LogP contribution is 2.61. The number of esters is 5. The summed E-state index contributed by atoms with van der Waals surface area (Å²) in [4.78, 5) is 80.1. The number of allylic oxidation sites excluding steroid dienone is 4. The average molecular weight is 717 g/mol. The highest BCUT2D eigenvalue weighted by Gasteiger charge is 2.65. The van der Waals surface area contributed by atoms with E-state index in [4.69, 9.17) is 23.7 Å². The Morgan fingerprint density at radius 1 is 0.885 bits per heavy atom. The van der Waals surface area contributed by atoms with Gasteiger partial charge in [-0.05, 0) is 52.3 Å². The standard InChI is InChI=1S/C40H44O12/c1-9-15(3)35(43)48-23-12-20(29-22(41)11-17(5)26(29)32-27(23)18(6)37(45)51-32)34(42)40(8)14-25-30-21(39(47)50-25)13-24(49-36(44)16(4)10-2)28-19(7)38(46)52-33(28)31(30)40/h9-11,14,18-19,23-24,26-28,31-34,42H,12-13H2,1-8H3/b15-9-,16-10+/t18-,19-,23-,24-,26?,27-,28-,31+,32-,33+,34-,40-/m1/s1. The predicted molar refractivity (Wildman–Crippen MR) is 181 cm³/mol. The van der Waals surface area contributed by atoms with Gasteiger partial charge in [0.2, 0.25) is 0 Å². The molecule has 3 heterocycles. The van der Waals surface area contributed by atoms with E-state index in [9.17, 15) is 33.9 Å². The Morgan fingerprint density at radius 3 is 2.00 bits per heavy atom. The molecule has 0 spiro atoms. The van der Waals surface area contributed by atoms with Crippen molar-refractivity contribution in [2.24, 2.45) is 40.9 Å². The van der Waals surface area contributed by atoms with Gasteiger partial charge in [0.1, 0.15) is 30.2 Å². The molecule has 12 atom stereocenters. The van der Waals surface area contributed by atoms with E-state index in [1.165, 1.54) is 6.08 Å². The summed E-state index contributed by atoms with van der Waals surface area (Å²) in [6, 6.07) is 0. The maximum atomic E-state index is 13.9. The molecular weight excluding hydrogens is 672 g/mol. The molecule has 0 bridgehead atoms. The van der Waals surface area contributed by atoms with E-state index in [0.29, 0.717) is 27.9 Å². The molecule has 12 heteroatoms. The van der Waals surface area contributed by atoms with Crippen LogP contribution in [0, 0.1) is 40.9 Å². The molecule has 7 rings (SSSR count). The SMILES string of the molecule is C/C=C(/C)C(=O)O[C@@H]1CC([C@@H](O)[C@]2(C)C=C3OC(=O)C4=C3[C@H]2[C@H]2OC(=O)[C@H](C)[C@@H]2[C@H](OC(=O)/C(C)=C/C)C4)=C2C(=O)C=C(C)C2[C@H]2OC(=O)[C@H](C)[C@@H]21. The summed E-state index contributed by atoms with van der Waals surface area (Å²) in [6.45, 7) is 13.6. The third kappa shape index (κ3) is 5.11. The van der Waals surface area contributed by atoms with Crippen molar-refractivity contribution in [1.82, 2.24) is 0 Å². The summed E-state index contributed by atoms with van der Waals surface area (Å²) in [6.07, 6.45) is 1.16. The number of carbonyl (C=O) groups is 6. The van der Waals surface area contributed by atoms with Crippen molar-refractivity contribution in [2.45, 2.75) is 98.8 Å². The minimum Gasteiger partial charge on any atom is -0.461 e. The molecule has 1 unspecified atom stereocenters. The summed E-state index contributed by atoms with van der Waals surface area (Å²) < 4.78 is 29.9. The fraction of sp³-hybridized carbons (Fsp3) is 0.550. The number of hydrogen-bond acceptors (Lipinski definition) is 12. The van der Waals surface area contributed by atoms with Crippen LogP contribution in [0.15, 0.2) is 69.1 Å². The van der Waals surface area contributed by atoms with E-state index >= 15 is 0 Å². The average Bonchev–Trinajstić information content (AvgIpc) is 3.78. The van der Waals surface area contributed by atoms with Gasteiger partial charge in [-0.1, -0.05) is 38.5 Å². The van der Waals surface area contributed by atoms with Crippen molar-refractivity contribution in [3.05, 3.63) is 69.1 Å². The summed E-state index contributed by atoms with van der Waals surface area (Å²) in [7, 11) is 0. The van der Waals surface area contributed by atoms with Gasteiger partial charge < -0.3 is 28.8 Å². The lowest BCUT2D eigenvalue weighted by Crippen LogP contribution is -2.47. The van der Waals surface area contributed by atoms with Crippen molar-refractivity contribution in [3.63, 3.8) is 0 Å². The van der Waals surface area contributed by atoms with E-state index in [1.807, 2.05) is 0 Å². The molecular formula is C40H44O12. The van der Waals surface area contributed by atoms with Gasteiger partial charge in [0.05, 0.1) is 17.9 Å². The van der Waals surface area contributed by atoms with Crippen molar-refractivity contribution in [2.75, 3.05) is 0 Å². The van der Waals surface area contributed by atoms with Crippen molar-refractivity contribution >= 4 is 35.6 Å². The Morgan fingerprint density at radius 2 is 1.42 bits per heavy atom. The van der Waals surface area contributed by atoms with E-state index in [0.717, 1.165) is 0 Å². The third-order valence-electron chi connectivity index (χ3n) is 12.7. The van der Waals surface area contributed by atoms with Crippen LogP contribution in [0.1, 0.15) is 68.2 Å². The van der Waals surface area contributed by atoms with E-state index in [1.54, 1.807) is 73.6 Å². The molecule has 0 aromatic carbocycles. The topological polar surface area (TPSA) is 169 Å². The number of ketones is 1. The number of aliphatic hydroxyl groups excluding tert-OH is 1. The lowest BCUT2D eigenvalue weighted by molar-refractivity contribution is -0.151. The second-order valence-corrected chi connectivity index (χ2v) is 15.5. The Kier molecular flexibility index (Phi) is 8.63. The number of ether oxygens (including phenoxy) is 5. The van der Waals surface area contributed by atoms with Crippen LogP contribution in [0.5, 0.6) is 0 Å². The number of aliphatic hydroxyl groups is 1. The molecule has 2 fully saturated rings. The van der Waals surface area contributed by atoms with Crippen LogP contribution in [-0.4, -0.2) is 71.3 Å². The zero-order valence-electron chi connectivity index (χ0n) is 30.5. The van der Waals surface area contributed by atoms with Crippen LogP contribution in [0.3, 0.4) is 0 Å². The van der Waals surface area contributed by atoms with Crippen LogP contribution >= 0.6 is 0 Å². The number of fused-ring (bicyclic) bond motifs is 5. The largest absolute Gasteiger partial charge is 0.461 e. The van der Waals surface area contributed by atoms with E-state index in [2.05, 4.69) is 0 Å². The van der Waals surface area contributed by atoms with Crippen molar-refractivity contribution in [1.29, 1.82) is 0 Å². The Bertz CT molecular complexity index is 1900. The number of rotatable bonds is 6. The molecule has 2 saturated heterocycles. The van der Waals surface area contributed by atoms with Gasteiger partial charge in [0.15, 0.2) is 5.78 Å². The minimum atomic E-state index is -1.46. The highest BCUT2D eigenvalue weighted by atomic mass is 16.6. The van der Waals surface area contributed by atoms with Gasteiger partial charge in [0, 0.05) is 69.8 Å². The first-order valence-electron chi connectivity index (χ1n) is 17.9. The van der Waals surface area contributed by atoms with Crippen molar-refractivity contribution in [3.8, 4) is 0 Å².